The van der Waals surface area contributed by atoms with Crippen LogP contribution in [0.3, 0.4) is 0 Å². The van der Waals surface area contributed by atoms with Crippen molar-refractivity contribution in [2.75, 3.05) is 6.54 Å². The summed E-state index contributed by atoms with van der Waals surface area (Å²) in [6.45, 7) is 1.32. The molecule has 0 atom stereocenters. The quantitative estimate of drug-likeness (QED) is 0.753. The van der Waals surface area contributed by atoms with Crippen LogP contribution in [0.2, 0.25) is 0 Å². The number of furan rings is 1. The number of benzene rings is 2. The summed E-state index contributed by atoms with van der Waals surface area (Å²) in [5, 5.41) is 3.73. The van der Waals surface area contributed by atoms with Gasteiger partial charge in [-0.2, -0.15) is 0 Å². The zero-order valence-corrected chi connectivity index (χ0v) is 14.2. The molecule has 7 heteroatoms. The van der Waals surface area contributed by atoms with Gasteiger partial charge in [0.25, 0.3) is 0 Å². The Balaban J connectivity index is 0.00000169. The maximum atomic E-state index is 14.4. The van der Waals surface area contributed by atoms with E-state index in [1.807, 2.05) is 0 Å². The molecule has 126 valence electrons. The molecule has 3 aromatic rings. The lowest BCUT2D eigenvalue weighted by Gasteiger charge is -2.11. The zero-order valence-electron chi connectivity index (χ0n) is 12.6. The van der Waals surface area contributed by atoms with Crippen molar-refractivity contribution >= 4 is 33.2 Å². The van der Waals surface area contributed by atoms with Crippen molar-refractivity contribution in [3.63, 3.8) is 0 Å². The Morgan fingerprint density at radius 3 is 2.58 bits per heavy atom. The van der Waals surface area contributed by atoms with Crippen LogP contribution < -0.4 is 5.32 Å². The van der Waals surface area contributed by atoms with Gasteiger partial charge in [0, 0.05) is 30.5 Å². The van der Waals surface area contributed by atoms with Crippen LogP contribution in [0.1, 0.15) is 11.3 Å². The smallest absolute Gasteiger partial charge is 0.206 e. The predicted molar refractivity (Wildman–Crippen MR) is 90.7 cm³/mol. The molecule has 0 bridgehead atoms. The summed E-state index contributed by atoms with van der Waals surface area (Å²) in [6.07, 6.45) is 0.671. The minimum absolute atomic E-state index is 0. The standard InChI is InChI=1S/C17H14FNO3S.ClH/c18-15-9-12(23(20,21)11-4-2-1-3-5-11)8-13-14-10-19-7-6-16(14)22-17(13)15;/h1-5,8-9,19H,6-7,10H2;1H. The molecular weight excluding hydrogens is 353 g/mol. The van der Waals surface area contributed by atoms with Gasteiger partial charge in [-0.3, -0.25) is 0 Å². The molecular formula is C17H15ClFNO3S. The van der Waals surface area contributed by atoms with E-state index in [9.17, 15) is 12.8 Å². The molecule has 4 rings (SSSR count). The average molecular weight is 368 g/mol. The van der Waals surface area contributed by atoms with E-state index in [1.54, 1.807) is 18.2 Å². The summed E-state index contributed by atoms with van der Waals surface area (Å²) in [5.74, 6) is 0.0818. The minimum atomic E-state index is -3.76. The molecule has 0 amide bonds. The molecule has 2 aromatic carbocycles. The van der Waals surface area contributed by atoms with Crippen LogP contribution in [-0.2, 0) is 22.8 Å². The SMILES string of the molecule is Cl.O=S(=O)(c1ccccc1)c1cc(F)c2oc3c(c2c1)CNCC3. The first kappa shape index (κ1) is 17.0. The van der Waals surface area contributed by atoms with Crippen molar-refractivity contribution in [3.05, 3.63) is 59.6 Å². The van der Waals surface area contributed by atoms with E-state index in [1.165, 1.54) is 18.2 Å². The molecule has 4 nitrogen and oxygen atoms in total. The van der Waals surface area contributed by atoms with Gasteiger partial charge in [0.15, 0.2) is 11.4 Å². The number of rotatable bonds is 2. The Kier molecular flexibility index (Phi) is 4.38. The topological polar surface area (TPSA) is 59.3 Å². The van der Waals surface area contributed by atoms with Crippen LogP contribution in [-0.4, -0.2) is 15.0 Å². The van der Waals surface area contributed by atoms with Gasteiger partial charge in [-0.1, -0.05) is 18.2 Å². The molecule has 0 aliphatic carbocycles. The van der Waals surface area contributed by atoms with Gasteiger partial charge in [-0.15, -0.1) is 12.4 Å². The number of nitrogens with one attached hydrogen (secondary N) is 1. The summed E-state index contributed by atoms with van der Waals surface area (Å²) in [6, 6.07) is 10.6. The van der Waals surface area contributed by atoms with E-state index in [4.69, 9.17) is 4.42 Å². The first-order valence-electron chi connectivity index (χ1n) is 7.32. The van der Waals surface area contributed by atoms with Crippen LogP contribution in [0.25, 0.3) is 11.0 Å². The van der Waals surface area contributed by atoms with Gasteiger partial charge < -0.3 is 9.73 Å². The largest absolute Gasteiger partial charge is 0.458 e. The average Bonchev–Trinajstić information content (AvgIpc) is 2.95. The maximum Gasteiger partial charge on any atom is 0.206 e. The number of fused-ring (bicyclic) bond motifs is 3. The van der Waals surface area contributed by atoms with Crippen LogP contribution in [0.4, 0.5) is 4.39 Å². The van der Waals surface area contributed by atoms with E-state index < -0.39 is 15.7 Å². The Bertz CT molecular complexity index is 1000. The molecule has 1 N–H and O–H groups in total. The predicted octanol–water partition coefficient (Wildman–Crippen LogP) is 3.47. The molecule has 0 spiro atoms. The van der Waals surface area contributed by atoms with E-state index in [0.717, 1.165) is 23.9 Å². The summed E-state index contributed by atoms with van der Waals surface area (Å²) in [5.41, 5.74) is 0.973. The second-order valence-corrected chi connectivity index (χ2v) is 7.48. The number of halogens is 2. The fourth-order valence-corrected chi connectivity index (χ4v) is 4.25. The van der Waals surface area contributed by atoms with Gasteiger partial charge in [-0.25, -0.2) is 12.8 Å². The molecule has 1 aliphatic heterocycles. The van der Waals surface area contributed by atoms with Crippen molar-refractivity contribution in [2.24, 2.45) is 0 Å². The van der Waals surface area contributed by atoms with Gasteiger partial charge >= 0.3 is 0 Å². The highest BCUT2D eigenvalue weighted by Gasteiger charge is 2.24. The summed E-state index contributed by atoms with van der Waals surface area (Å²) in [7, 11) is -3.76. The van der Waals surface area contributed by atoms with Crippen molar-refractivity contribution in [3.8, 4) is 0 Å². The molecule has 2 heterocycles. The Hall–Kier alpha value is -1.89. The zero-order chi connectivity index (χ0) is 16.0. The van der Waals surface area contributed by atoms with E-state index >= 15 is 0 Å². The van der Waals surface area contributed by atoms with Crippen molar-refractivity contribution in [1.29, 1.82) is 0 Å². The third kappa shape index (κ3) is 2.60. The Morgan fingerprint density at radius 1 is 1.08 bits per heavy atom. The molecule has 0 saturated heterocycles. The molecule has 0 fully saturated rings. The number of sulfone groups is 1. The van der Waals surface area contributed by atoms with Crippen LogP contribution >= 0.6 is 12.4 Å². The molecule has 0 radical (unpaired) electrons. The highest BCUT2D eigenvalue weighted by molar-refractivity contribution is 7.91. The fraction of sp³-hybridized carbons (Fsp3) is 0.176. The monoisotopic (exact) mass is 367 g/mol. The highest BCUT2D eigenvalue weighted by atomic mass is 35.5. The maximum absolute atomic E-state index is 14.4. The van der Waals surface area contributed by atoms with Crippen LogP contribution in [0.15, 0.2) is 56.7 Å². The second-order valence-electron chi connectivity index (χ2n) is 5.53. The minimum Gasteiger partial charge on any atom is -0.458 e. The molecule has 1 aliphatic rings. The summed E-state index contributed by atoms with van der Waals surface area (Å²) >= 11 is 0. The Labute approximate surface area is 145 Å². The lowest BCUT2D eigenvalue weighted by Crippen LogP contribution is -2.22. The summed E-state index contributed by atoms with van der Waals surface area (Å²) in [4.78, 5) is 0.0945. The first-order valence-corrected chi connectivity index (χ1v) is 8.80. The second kappa shape index (κ2) is 6.20. The third-order valence-electron chi connectivity index (χ3n) is 4.10. The first-order chi connectivity index (χ1) is 11.1. The molecule has 0 unspecified atom stereocenters. The van der Waals surface area contributed by atoms with Gasteiger partial charge in [-0.05, 0) is 24.3 Å². The van der Waals surface area contributed by atoms with E-state index in [2.05, 4.69) is 5.32 Å². The number of hydrogen-bond donors (Lipinski definition) is 1. The van der Waals surface area contributed by atoms with Crippen LogP contribution in [0, 0.1) is 5.82 Å². The lowest BCUT2D eigenvalue weighted by molar-refractivity contribution is 0.485. The normalized spacial score (nSPS) is 14.2. The van der Waals surface area contributed by atoms with Crippen molar-refractivity contribution in [2.45, 2.75) is 22.8 Å². The third-order valence-corrected chi connectivity index (χ3v) is 5.85. The lowest BCUT2D eigenvalue weighted by atomic mass is 10.1. The molecule has 1 aromatic heterocycles. The molecule has 24 heavy (non-hydrogen) atoms. The highest BCUT2D eigenvalue weighted by Crippen LogP contribution is 2.33. The Morgan fingerprint density at radius 2 is 1.83 bits per heavy atom. The van der Waals surface area contributed by atoms with E-state index in [-0.39, 0.29) is 27.8 Å². The van der Waals surface area contributed by atoms with Crippen molar-refractivity contribution in [1.82, 2.24) is 5.32 Å². The van der Waals surface area contributed by atoms with Crippen LogP contribution in [0.5, 0.6) is 0 Å². The van der Waals surface area contributed by atoms with Gasteiger partial charge in [0.2, 0.25) is 9.84 Å². The fourth-order valence-electron chi connectivity index (χ4n) is 2.93. The van der Waals surface area contributed by atoms with Gasteiger partial charge in [0.05, 0.1) is 9.79 Å². The number of hydrogen-bond acceptors (Lipinski definition) is 4. The van der Waals surface area contributed by atoms with E-state index in [0.29, 0.717) is 18.4 Å². The molecule has 0 saturated carbocycles. The summed E-state index contributed by atoms with van der Waals surface area (Å²) < 4.78 is 45.4. The van der Waals surface area contributed by atoms with Crippen molar-refractivity contribution < 1.29 is 17.2 Å². The van der Waals surface area contributed by atoms with Gasteiger partial charge in [0.1, 0.15) is 5.76 Å².